The van der Waals surface area contributed by atoms with E-state index in [0.717, 1.165) is 10.3 Å². The van der Waals surface area contributed by atoms with Crippen molar-refractivity contribution in [3.8, 4) is 0 Å². The van der Waals surface area contributed by atoms with Crippen LogP contribution in [0.15, 0.2) is 24.3 Å². The van der Waals surface area contributed by atoms with Gasteiger partial charge in [0.1, 0.15) is 11.9 Å². The monoisotopic (exact) mass is 271 g/mol. The number of nitrogens with two attached hydrogens (primary N) is 1. The normalized spacial score (nSPS) is 18.9. The molecule has 0 spiro atoms. The van der Waals surface area contributed by atoms with Gasteiger partial charge in [0, 0.05) is 12.4 Å². The molecule has 0 bridgehead atoms. The largest absolute Gasteiger partial charge is 0.368 e. The maximum atomic E-state index is 11.9. The van der Waals surface area contributed by atoms with Gasteiger partial charge in [0.15, 0.2) is 0 Å². The molecule has 1 atom stereocenters. The molecule has 1 saturated heterocycles. The first-order chi connectivity index (χ1) is 9.56. The predicted octanol–water partition coefficient (Wildman–Crippen LogP) is 0.381. The summed E-state index contributed by atoms with van der Waals surface area (Å²) in [5.41, 5.74) is 6.35. The van der Waals surface area contributed by atoms with Crippen LogP contribution in [-0.2, 0) is 9.59 Å². The van der Waals surface area contributed by atoms with E-state index in [0.29, 0.717) is 11.3 Å². The van der Waals surface area contributed by atoms with Crippen molar-refractivity contribution in [3.63, 3.8) is 0 Å². The van der Waals surface area contributed by atoms with Crippen molar-refractivity contribution in [2.45, 2.75) is 12.5 Å². The lowest BCUT2D eigenvalue weighted by molar-refractivity contribution is -0.136. The van der Waals surface area contributed by atoms with Crippen LogP contribution in [-0.4, -0.2) is 39.8 Å². The third kappa shape index (κ3) is 1.93. The average Bonchev–Trinajstić information content (AvgIpc) is 2.66. The van der Waals surface area contributed by atoms with Gasteiger partial charge in [-0.15, -0.1) is 0 Å². The Bertz CT molecular complexity index is 715. The van der Waals surface area contributed by atoms with Crippen LogP contribution in [0.25, 0.3) is 10.9 Å². The Hall–Kier alpha value is -2.70. The van der Waals surface area contributed by atoms with Gasteiger partial charge in [-0.25, -0.2) is 4.98 Å². The number of nitrogens with zero attached hydrogens (tertiary/aromatic N) is 3. The van der Waals surface area contributed by atoms with Crippen LogP contribution >= 0.6 is 0 Å². The number of anilines is 2. The van der Waals surface area contributed by atoms with Crippen LogP contribution in [0, 0.1) is 0 Å². The average molecular weight is 271 g/mol. The lowest BCUT2D eigenvalue weighted by atomic mass is 10.2. The van der Waals surface area contributed by atoms with Gasteiger partial charge in [-0.05, 0) is 12.1 Å². The van der Waals surface area contributed by atoms with E-state index in [-0.39, 0.29) is 24.2 Å². The molecule has 1 aliphatic heterocycles. The molecular formula is C13H13N5O2. The van der Waals surface area contributed by atoms with Crippen LogP contribution in [0.4, 0.5) is 11.8 Å². The van der Waals surface area contributed by atoms with Crippen LogP contribution < -0.4 is 11.1 Å². The molecule has 7 heteroatoms. The first kappa shape index (κ1) is 12.3. The maximum absolute atomic E-state index is 11.9. The summed E-state index contributed by atoms with van der Waals surface area (Å²) in [4.78, 5) is 32.8. The number of nitrogen functional groups attached to an aromatic ring is 1. The van der Waals surface area contributed by atoms with Crippen molar-refractivity contribution in [1.29, 1.82) is 0 Å². The molecule has 2 heterocycles. The van der Waals surface area contributed by atoms with Gasteiger partial charge in [-0.2, -0.15) is 4.98 Å². The molecule has 1 fully saturated rings. The molecule has 1 aromatic heterocycles. The number of likely N-dealkylation sites (tertiary alicyclic amines) is 1. The molecule has 0 radical (unpaired) electrons. The highest BCUT2D eigenvalue weighted by atomic mass is 16.2. The van der Waals surface area contributed by atoms with E-state index >= 15 is 0 Å². The highest BCUT2D eigenvalue weighted by Crippen LogP contribution is 2.23. The summed E-state index contributed by atoms with van der Waals surface area (Å²) in [6.07, 6.45) is 0.119. The number of hydrogen-bond acceptors (Lipinski definition) is 6. The predicted molar refractivity (Wildman–Crippen MR) is 73.8 cm³/mol. The number of hydrogen-bond donors (Lipinski definition) is 2. The molecule has 1 aromatic carbocycles. The van der Waals surface area contributed by atoms with E-state index in [9.17, 15) is 9.59 Å². The Morgan fingerprint density at radius 1 is 1.30 bits per heavy atom. The Labute approximate surface area is 114 Å². The number of rotatable bonds is 2. The topological polar surface area (TPSA) is 101 Å². The number of amides is 2. The molecule has 1 aliphatic rings. The first-order valence-corrected chi connectivity index (χ1v) is 6.15. The molecular weight excluding hydrogens is 258 g/mol. The summed E-state index contributed by atoms with van der Waals surface area (Å²) in [7, 11) is 1.47. The van der Waals surface area contributed by atoms with Crippen LogP contribution in [0.2, 0.25) is 0 Å². The number of imide groups is 1. The van der Waals surface area contributed by atoms with Crippen molar-refractivity contribution >= 4 is 34.5 Å². The summed E-state index contributed by atoms with van der Waals surface area (Å²) in [5.74, 6) is 0.112. The standard InChI is InChI=1S/C13H13N5O2/c1-18-10(19)6-9(12(18)20)15-11-7-4-2-3-5-8(7)16-13(14)17-11/h2-5,9H,6H2,1H3,(H3,14,15,16,17). The minimum Gasteiger partial charge on any atom is -0.368 e. The molecule has 3 N–H and O–H groups in total. The smallest absolute Gasteiger partial charge is 0.251 e. The fourth-order valence-electron chi connectivity index (χ4n) is 2.24. The molecule has 20 heavy (non-hydrogen) atoms. The van der Waals surface area contributed by atoms with Crippen LogP contribution in [0.5, 0.6) is 0 Å². The van der Waals surface area contributed by atoms with E-state index in [1.807, 2.05) is 24.3 Å². The highest BCUT2D eigenvalue weighted by Gasteiger charge is 2.36. The Balaban J connectivity index is 1.99. The molecule has 2 amide bonds. The van der Waals surface area contributed by atoms with E-state index in [4.69, 9.17) is 5.73 Å². The zero-order chi connectivity index (χ0) is 14.3. The lowest BCUT2D eigenvalue weighted by Crippen LogP contribution is -2.32. The van der Waals surface area contributed by atoms with Crippen molar-refractivity contribution in [3.05, 3.63) is 24.3 Å². The van der Waals surface area contributed by atoms with Crippen molar-refractivity contribution in [1.82, 2.24) is 14.9 Å². The van der Waals surface area contributed by atoms with Crippen molar-refractivity contribution < 1.29 is 9.59 Å². The Kier molecular flexibility index (Phi) is 2.74. The van der Waals surface area contributed by atoms with Crippen molar-refractivity contribution in [2.24, 2.45) is 0 Å². The second-order valence-electron chi connectivity index (χ2n) is 4.64. The molecule has 0 saturated carbocycles. The second-order valence-corrected chi connectivity index (χ2v) is 4.64. The van der Waals surface area contributed by atoms with Crippen LogP contribution in [0.1, 0.15) is 6.42 Å². The fraction of sp³-hybridized carbons (Fsp3) is 0.231. The van der Waals surface area contributed by atoms with Crippen molar-refractivity contribution in [2.75, 3.05) is 18.1 Å². The van der Waals surface area contributed by atoms with Gasteiger partial charge in [-0.3, -0.25) is 14.5 Å². The number of fused-ring (bicyclic) bond motifs is 1. The third-order valence-corrected chi connectivity index (χ3v) is 3.31. The number of aromatic nitrogens is 2. The molecule has 7 nitrogen and oxygen atoms in total. The summed E-state index contributed by atoms with van der Waals surface area (Å²) in [6.45, 7) is 0. The quantitative estimate of drug-likeness (QED) is 0.766. The highest BCUT2D eigenvalue weighted by molar-refractivity contribution is 6.07. The number of nitrogens with one attached hydrogen (secondary N) is 1. The first-order valence-electron chi connectivity index (χ1n) is 6.15. The molecule has 1 unspecified atom stereocenters. The van der Waals surface area contributed by atoms with Gasteiger partial charge >= 0.3 is 0 Å². The Morgan fingerprint density at radius 3 is 2.75 bits per heavy atom. The summed E-state index contributed by atoms with van der Waals surface area (Å²) >= 11 is 0. The lowest BCUT2D eigenvalue weighted by Gasteiger charge is -2.13. The fourth-order valence-corrected chi connectivity index (χ4v) is 2.24. The number of likely N-dealkylation sites (N-methyl/N-ethyl adjacent to an activating group) is 1. The minimum atomic E-state index is -0.606. The molecule has 102 valence electrons. The number of benzene rings is 1. The van der Waals surface area contributed by atoms with E-state index in [1.54, 1.807) is 0 Å². The number of carbonyl (C=O) groups is 2. The molecule has 3 rings (SSSR count). The van der Waals surface area contributed by atoms with Crippen LogP contribution in [0.3, 0.4) is 0 Å². The number of carbonyl (C=O) groups excluding carboxylic acids is 2. The zero-order valence-electron chi connectivity index (χ0n) is 10.8. The molecule has 0 aliphatic carbocycles. The number of para-hydroxylation sites is 1. The van der Waals surface area contributed by atoms with E-state index in [1.165, 1.54) is 7.05 Å². The van der Waals surface area contributed by atoms with E-state index in [2.05, 4.69) is 15.3 Å². The summed E-state index contributed by atoms with van der Waals surface area (Å²) in [6, 6.07) is 6.73. The maximum Gasteiger partial charge on any atom is 0.251 e. The van der Waals surface area contributed by atoms with Gasteiger partial charge in [0.25, 0.3) is 5.91 Å². The molecule has 2 aromatic rings. The second kappa shape index (κ2) is 4.44. The summed E-state index contributed by atoms with van der Waals surface area (Å²) < 4.78 is 0. The van der Waals surface area contributed by atoms with Gasteiger partial charge in [-0.1, -0.05) is 12.1 Å². The van der Waals surface area contributed by atoms with Gasteiger partial charge < -0.3 is 11.1 Å². The van der Waals surface area contributed by atoms with Gasteiger partial charge in [0.2, 0.25) is 11.9 Å². The van der Waals surface area contributed by atoms with Gasteiger partial charge in [0.05, 0.1) is 11.9 Å². The summed E-state index contributed by atoms with van der Waals surface area (Å²) in [5, 5.41) is 3.75. The third-order valence-electron chi connectivity index (χ3n) is 3.31. The Morgan fingerprint density at radius 2 is 2.05 bits per heavy atom. The zero-order valence-corrected chi connectivity index (χ0v) is 10.8. The minimum absolute atomic E-state index is 0.119. The van der Waals surface area contributed by atoms with E-state index < -0.39 is 6.04 Å². The SMILES string of the molecule is CN1C(=O)CC(Nc2nc(N)nc3ccccc23)C1=O.